The van der Waals surface area contributed by atoms with Gasteiger partial charge in [0.25, 0.3) is 0 Å². The number of aryl methyl sites for hydroxylation is 2. The molecule has 26 heavy (non-hydrogen) atoms. The Bertz CT molecular complexity index is 1010. The Labute approximate surface area is 150 Å². The highest BCUT2D eigenvalue weighted by Gasteiger charge is 2.39. The van der Waals surface area contributed by atoms with E-state index in [0.717, 1.165) is 16.8 Å². The molecular formula is C20H18N2O4. The highest BCUT2D eigenvalue weighted by atomic mass is 16.5. The van der Waals surface area contributed by atoms with Gasteiger partial charge in [-0.1, -0.05) is 17.7 Å². The van der Waals surface area contributed by atoms with Crippen LogP contribution in [-0.4, -0.2) is 24.0 Å². The van der Waals surface area contributed by atoms with Gasteiger partial charge < -0.3 is 19.5 Å². The lowest BCUT2D eigenvalue weighted by atomic mass is 9.88. The normalized spacial score (nSPS) is 15.7. The number of aromatic amines is 1. The minimum atomic E-state index is -0.621. The van der Waals surface area contributed by atoms with Crippen LogP contribution in [0.3, 0.4) is 0 Å². The summed E-state index contributed by atoms with van der Waals surface area (Å²) in [5.41, 5.74) is 4.82. The van der Waals surface area contributed by atoms with Gasteiger partial charge in [0.2, 0.25) is 5.91 Å². The monoisotopic (exact) mass is 350 g/mol. The third-order valence-corrected chi connectivity index (χ3v) is 4.71. The molecule has 1 atom stereocenters. The maximum Gasteiger partial charge on any atom is 0.340 e. The minimum absolute atomic E-state index is 0.178. The van der Waals surface area contributed by atoms with Gasteiger partial charge >= 0.3 is 5.97 Å². The van der Waals surface area contributed by atoms with E-state index in [-0.39, 0.29) is 5.91 Å². The van der Waals surface area contributed by atoms with Crippen LogP contribution in [0.5, 0.6) is 0 Å². The number of amides is 1. The molecule has 0 bridgehead atoms. The lowest BCUT2D eigenvalue weighted by Gasteiger charge is -2.13. The van der Waals surface area contributed by atoms with Gasteiger partial charge in [-0.05, 0) is 37.6 Å². The van der Waals surface area contributed by atoms with Gasteiger partial charge in [0.1, 0.15) is 5.76 Å². The Hall–Kier alpha value is -3.28. The first-order valence-electron chi connectivity index (χ1n) is 8.27. The van der Waals surface area contributed by atoms with Crippen molar-refractivity contribution in [2.75, 3.05) is 12.4 Å². The molecule has 1 amide bonds. The Morgan fingerprint density at radius 1 is 1.23 bits per heavy atom. The van der Waals surface area contributed by atoms with Gasteiger partial charge in [0.05, 0.1) is 30.5 Å². The average Bonchev–Trinajstić information content (AvgIpc) is 3.31. The number of hydrogen-bond acceptors (Lipinski definition) is 4. The molecule has 3 heterocycles. The third kappa shape index (κ3) is 2.34. The summed E-state index contributed by atoms with van der Waals surface area (Å²) in [6, 6.07) is 9.35. The maximum absolute atomic E-state index is 12.8. The van der Waals surface area contributed by atoms with Crippen molar-refractivity contribution in [1.82, 2.24) is 4.98 Å². The molecule has 0 radical (unpaired) electrons. The molecule has 0 spiro atoms. The van der Waals surface area contributed by atoms with Crippen molar-refractivity contribution in [3.8, 4) is 11.5 Å². The van der Waals surface area contributed by atoms with Crippen LogP contribution in [0.4, 0.5) is 5.69 Å². The first-order chi connectivity index (χ1) is 12.5. The van der Waals surface area contributed by atoms with E-state index in [2.05, 4.69) is 10.3 Å². The van der Waals surface area contributed by atoms with E-state index in [1.807, 2.05) is 25.1 Å². The highest BCUT2D eigenvalue weighted by Crippen LogP contribution is 2.44. The molecule has 0 aliphatic carbocycles. The number of esters is 1. The second-order valence-corrected chi connectivity index (χ2v) is 6.40. The fraction of sp³-hybridized carbons (Fsp3) is 0.200. The molecule has 0 saturated carbocycles. The number of carbonyl (C=O) groups excluding carboxylic acids is 2. The molecule has 2 N–H and O–H groups in total. The smallest absolute Gasteiger partial charge is 0.340 e. The number of furan rings is 1. The van der Waals surface area contributed by atoms with Crippen molar-refractivity contribution in [2.24, 2.45) is 0 Å². The molecule has 0 fully saturated rings. The van der Waals surface area contributed by atoms with Gasteiger partial charge in [-0.2, -0.15) is 0 Å². The van der Waals surface area contributed by atoms with Crippen molar-refractivity contribution < 1.29 is 18.7 Å². The number of aromatic nitrogens is 1. The number of nitrogens with one attached hydrogen (secondary N) is 2. The molecule has 0 unspecified atom stereocenters. The minimum Gasteiger partial charge on any atom is -0.465 e. The first-order valence-corrected chi connectivity index (χ1v) is 8.27. The molecule has 2 aromatic heterocycles. The van der Waals surface area contributed by atoms with Gasteiger partial charge in [-0.15, -0.1) is 0 Å². The highest BCUT2D eigenvalue weighted by molar-refractivity contribution is 6.08. The van der Waals surface area contributed by atoms with E-state index >= 15 is 0 Å². The fourth-order valence-electron chi connectivity index (χ4n) is 3.58. The fourth-order valence-corrected chi connectivity index (χ4v) is 3.58. The summed E-state index contributed by atoms with van der Waals surface area (Å²) >= 11 is 0. The van der Waals surface area contributed by atoms with Crippen LogP contribution >= 0.6 is 0 Å². The molecule has 1 aromatic carbocycles. The van der Waals surface area contributed by atoms with Crippen molar-refractivity contribution in [3.63, 3.8) is 0 Å². The topological polar surface area (TPSA) is 84.3 Å². The Kier molecular flexibility index (Phi) is 3.68. The van der Waals surface area contributed by atoms with Crippen LogP contribution in [0.25, 0.3) is 11.5 Å². The van der Waals surface area contributed by atoms with Crippen LogP contribution < -0.4 is 5.32 Å². The summed E-state index contributed by atoms with van der Waals surface area (Å²) in [5.74, 6) is -0.723. The zero-order chi connectivity index (χ0) is 18.4. The second kappa shape index (κ2) is 5.91. The molecule has 6 nitrogen and oxygen atoms in total. The number of methoxy groups -OCH3 is 1. The zero-order valence-corrected chi connectivity index (χ0v) is 14.7. The number of ether oxygens (including phenoxy) is 1. The average molecular weight is 350 g/mol. The first kappa shape index (κ1) is 16.2. The molecular weight excluding hydrogens is 332 g/mol. The predicted octanol–water partition coefficient (Wildman–Crippen LogP) is 3.76. The Morgan fingerprint density at radius 2 is 2.04 bits per heavy atom. The third-order valence-electron chi connectivity index (χ3n) is 4.71. The van der Waals surface area contributed by atoms with E-state index in [4.69, 9.17) is 9.15 Å². The van der Waals surface area contributed by atoms with Gasteiger partial charge in [0.15, 0.2) is 0 Å². The summed E-state index contributed by atoms with van der Waals surface area (Å²) in [6.07, 6.45) is 1.56. The van der Waals surface area contributed by atoms with E-state index in [0.29, 0.717) is 28.3 Å². The van der Waals surface area contributed by atoms with E-state index in [1.54, 1.807) is 25.3 Å². The lowest BCUT2D eigenvalue weighted by molar-refractivity contribution is -0.116. The second-order valence-electron chi connectivity index (χ2n) is 6.40. The molecule has 132 valence electrons. The number of fused-ring (bicyclic) bond motifs is 1. The van der Waals surface area contributed by atoms with Crippen molar-refractivity contribution in [1.29, 1.82) is 0 Å². The van der Waals surface area contributed by atoms with Gasteiger partial charge in [0, 0.05) is 16.9 Å². The summed E-state index contributed by atoms with van der Waals surface area (Å²) in [4.78, 5) is 28.5. The molecule has 0 saturated heterocycles. The number of anilines is 1. The van der Waals surface area contributed by atoms with E-state index in [1.165, 1.54) is 7.11 Å². The number of rotatable bonds is 3. The maximum atomic E-state index is 12.8. The largest absolute Gasteiger partial charge is 0.465 e. The van der Waals surface area contributed by atoms with Crippen molar-refractivity contribution in [2.45, 2.75) is 19.8 Å². The summed E-state index contributed by atoms with van der Waals surface area (Å²) in [6.45, 7) is 3.75. The van der Waals surface area contributed by atoms with Crippen LogP contribution in [-0.2, 0) is 9.53 Å². The molecule has 4 rings (SSSR count). The molecule has 6 heteroatoms. The van der Waals surface area contributed by atoms with Crippen LogP contribution in [0.1, 0.15) is 38.7 Å². The number of benzene rings is 1. The molecule has 1 aliphatic rings. The molecule has 3 aromatic rings. The lowest BCUT2D eigenvalue weighted by Crippen LogP contribution is -2.17. The Morgan fingerprint density at radius 3 is 2.73 bits per heavy atom. The summed E-state index contributed by atoms with van der Waals surface area (Å²) in [5, 5.41) is 2.90. The van der Waals surface area contributed by atoms with Crippen LogP contribution in [0.2, 0.25) is 0 Å². The molecule has 1 aliphatic heterocycles. The number of hydrogen-bond donors (Lipinski definition) is 2. The van der Waals surface area contributed by atoms with Gasteiger partial charge in [-0.25, -0.2) is 4.79 Å². The predicted molar refractivity (Wildman–Crippen MR) is 96.2 cm³/mol. The number of H-pyrrole nitrogens is 1. The summed E-state index contributed by atoms with van der Waals surface area (Å²) < 4.78 is 10.5. The quantitative estimate of drug-likeness (QED) is 0.705. The zero-order valence-electron chi connectivity index (χ0n) is 14.7. The van der Waals surface area contributed by atoms with E-state index in [9.17, 15) is 9.59 Å². The van der Waals surface area contributed by atoms with Gasteiger partial charge in [-0.3, -0.25) is 4.79 Å². The SMILES string of the molecule is COC(=O)c1c(C)[nH]c(-c2ccco2)c1[C@H]1C(=O)Nc2ccc(C)cc21. The van der Waals surface area contributed by atoms with Crippen LogP contribution in [0.15, 0.2) is 41.0 Å². The Balaban J connectivity index is 2.01. The van der Waals surface area contributed by atoms with Crippen molar-refractivity contribution >= 4 is 17.6 Å². The van der Waals surface area contributed by atoms with Crippen LogP contribution in [0, 0.1) is 13.8 Å². The standard InChI is InChI=1S/C20H18N2O4/c1-10-6-7-13-12(9-10)16(19(23)22-13)17-15(20(24)25-3)11(2)21-18(17)14-5-4-8-26-14/h4-9,16,21H,1-3H3,(H,22,23)/t16-/m0/s1. The van der Waals surface area contributed by atoms with E-state index < -0.39 is 11.9 Å². The number of carbonyl (C=O) groups is 2. The summed E-state index contributed by atoms with van der Waals surface area (Å²) in [7, 11) is 1.33. The van der Waals surface area contributed by atoms with Crippen molar-refractivity contribution in [3.05, 3.63) is 64.5 Å².